The molecule has 2 heterocycles. The number of fused-ring (bicyclic) bond motifs is 1. The third-order valence-corrected chi connectivity index (χ3v) is 4.65. The Hall–Kier alpha value is -3.28. The van der Waals surface area contributed by atoms with E-state index in [2.05, 4.69) is 15.6 Å². The van der Waals surface area contributed by atoms with Crippen LogP contribution in [0.1, 0.15) is 11.3 Å². The Morgan fingerprint density at radius 3 is 2.19 bits per heavy atom. The first kappa shape index (κ1) is 16.2. The van der Waals surface area contributed by atoms with Gasteiger partial charge in [-0.2, -0.15) is 0 Å². The second-order valence-electron chi connectivity index (χ2n) is 6.58. The first-order chi connectivity index (χ1) is 12.6. The van der Waals surface area contributed by atoms with Gasteiger partial charge in [-0.1, -0.05) is 30.3 Å². The molecule has 3 aromatic rings. The van der Waals surface area contributed by atoms with E-state index in [-0.39, 0.29) is 17.6 Å². The predicted molar refractivity (Wildman–Crippen MR) is 97.7 cm³/mol. The molecule has 2 aromatic carbocycles. The van der Waals surface area contributed by atoms with Crippen LogP contribution in [-0.2, 0) is 22.4 Å². The Balaban J connectivity index is 1.43. The topological polar surface area (TPSA) is 94.2 Å². The Morgan fingerprint density at radius 2 is 1.50 bits per heavy atom. The predicted octanol–water partition coefficient (Wildman–Crippen LogP) is 1.64. The molecule has 4 rings (SSSR count). The maximum atomic E-state index is 12.4. The number of amides is 2. The largest absolute Gasteiger partial charge is 0.508 e. The van der Waals surface area contributed by atoms with Crippen LogP contribution in [0, 0.1) is 0 Å². The van der Waals surface area contributed by atoms with Gasteiger partial charge in [0.05, 0.1) is 0 Å². The number of aromatic nitrogens is 1. The number of aromatic amines is 1. The van der Waals surface area contributed by atoms with Crippen molar-refractivity contribution in [1.82, 2.24) is 15.6 Å². The molecule has 4 N–H and O–H groups in total. The zero-order chi connectivity index (χ0) is 18.1. The molecule has 1 fully saturated rings. The highest BCUT2D eigenvalue weighted by Gasteiger charge is 2.33. The molecule has 2 atom stereocenters. The number of H-pyrrole nitrogens is 1. The van der Waals surface area contributed by atoms with E-state index in [1.807, 2.05) is 30.3 Å². The smallest absolute Gasteiger partial charge is 0.243 e. The van der Waals surface area contributed by atoms with Crippen LogP contribution >= 0.6 is 0 Å². The monoisotopic (exact) mass is 349 g/mol. The van der Waals surface area contributed by atoms with Gasteiger partial charge < -0.3 is 20.7 Å². The van der Waals surface area contributed by atoms with Crippen LogP contribution in [0.2, 0.25) is 0 Å². The molecule has 0 bridgehead atoms. The summed E-state index contributed by atoms with van der Waals surface area (Å²) in [6, 6.07) is 15.3. The Morgan fingerprint density at radius 1 is 0.846 bits per heavy atom. The number of para-hydroxylation sites is 1. The molecule has 132 valence electrons. The molecule has 6 nitrogen and oxygen atoms in total. The van der Waals surface area contributed by atoms with Crippen LogP contribution in [0.25, 0.3) is 10.9 Å². The Bertz CT molecular complexity index is 929. The summed E-state index contributed by atoms with van der Waals surface area (Å²) in [5.74, 6) is -0.213. The number of carbonyl (C=O) groups excluding carboxylic acids is 2. The highest BCUT2D eigenvalue weighted by Crippen LogP contribution is 2.17. The minimum atomic E-state index is -0.606. The maximum absolute atomic E-state index is 12.4. The molecule has 0 spiro atoms. The van der Waals surface area contributed by atoms with E-state index in [4.69, 9.17) is 0 Å². The number of carbonyl (C=O) groups is 2. The summed E-state index contributed by atoms with van der Waals surface area (Å²) in [4.78, 5) is 28.1. The zero-order valence-electron chi connectivity index (χ0n) is 14.0. The second kappa shape index (κ2) is 6.55. The van der Waals surface area contributed by atoms with E-state index in [1.165, 1.54) is 0 Å². The molecule has 26 heavy (non-hydrogen) atoms. The molecular formula is C20H19N3O3. The lowest BCUT2D eigenvalue weighted by molar-refractivity contribution is -0.136. The van der Waals surface area contributed by atoms with Crippen molar-refractivity contribution in [2.75, 3.05) is 0 Å². The molecule has 0 saturated carbocycles. The SMILES string of the molecule is O=C1N[C@@H](Cc2cc3ccccc3[nH]2)C(=O)N[C@H]1Cc1ccc(O)cc1. The molecule has 6 heteroatoms. The fourth-order valence-corrected chi connectivity index (χ4v) is 3.29. The van der Waals surface area contributed by atoms with Crippen molar-refractivity contribution < 1.29 is 14.7 Å². The average Bonchev–Trinajstić information content (AvgIpc) is 3.03. The summed E-state index contributed by atoms with van der Waals surface area (Å²) >= 11 is 0. The van der Waals surface area contributed by atoms with Gasteiger partial charge in [-0.05, 0) is 35.2 Å². The number of hydrogen-bond donors (Lipinski definition) is 4. The van der Waals surface area contributed by atoms with Gasteiger partial charge in [0.1, 0.15) is 17.8 Å². The summed E-state index contributed by atoms with van der Waals surface area (Å²) < 4.78 is 0. The van der Waals surface area contributed by atoms with E-state index in [0.29, 0.717) is 12.8 Å². The lowest BCUT2D eigenvalue weighted by Crippen LogP contribution is -2.62. The average molecular weight is 349 g/mol. The second-order valence-corrected chi connectivity index (χ2v) is 6.58. The van der Waals surface area contributed by atoms with Gasteiger partial charge in [-0.3, -0.25) is 9.59 Å². The number of phenols is 1. The van der Waals surface area contributed by atoms with Crippen molar-refractivity contribution in [2.24, 2.45) is 0 Å². The van der Waals surface area contributed by atoms with Crippen molar-refractivity contribution in [3.05, 3.63) is 65.9 Å². The van der Waals surface area contributed by atoms with Gasteiger partial charge in [-0.25, -0.2) is 0 Å². The molecule has 0 aliphatic carbocycles. The molecule has 1 aromatic heterocycles. The Labute approximate surface area is 150 Å². The first-order valence-electron chi connectivity index (χ1n) is 8.54. The van der Waals surface area contributed by atoms with Crippen molar-refractivity contribution in [2.45, 2.75) is 24.9 Å². The molecule has 0 unspecified atom stereocenters. The normalized spacial score (nSPS) is 20.0. The summed E-state index contributed by atoms with van der Waals surface area (Å²) in [6.45, 7) is 0. The van der Waals surface area contributed by atoms with E-state index >= 15 is 0 Å². The van der Waals surface area contributed by atoms with Crippen LogP contribution in [0.3, 0.4) is 0 Å². The number of piperazine rings is 1. The van der Waals surface area contributed by atoms with Crippen LogP contribution in [0.5, 0.6) is 5.75 Å². The summed E-state index contributed by atoms with van der Waals surface area (Å²) in [7, 11) is 0. The number of aromatic hydroxyl groups is 1. The summed E-state index contributed by atoms with van der Waals surface area (Å²) in [5, 5.41) is 16.0. The van der Waals surface area contributed by atoms with Gasteiger partial charge in [0.2, 0.25) is 11.8 Å². The molecule has 1 aliphatic heterocycles. The zero-order valence-corrected chi connectivity index (χ0v) is 14.0. The molecule has 2 amide bonds. The lowest BCUT2D eigenvalue weighted by Gasteiger charge is -2.29. The minimum absolute atomic E-state index is 0.171. The van der Waals surface area contributed by atoms with Crippen LogP contribution < -0.4 is 10.6 Å². The van der Waals surface area contributed by atoms with Crippen molar-refractivity contribution >= 4 is 22.7 Å². The van der Waals surface area contributed by atoms with Crippen molar-refractivity contribution in [3.63, 3.8) is 0 Å². The lowest BCUT2D eigenvalue weighted by atomic mass is 10.00. The van der Waals surface area contributed by atoms with E-state index < -0.39 is 12.1 Å². The van der Waals surface area contributed by atoms with Gasteiger partial charge >= 0.3 is 0 Å². The van der Waals surface area contributed by atoms with Crippen LogP contribution in [0.4, 0.5) is 0 Å². The molecular weight excluding hydrogens is 330 g/mol. The number of benzene rings is 2. The number of nitrogens with one attached hydrogen (secondary N) is 3. The fourth-order valence-electron chi connectivity index (χ4n) is 3.29. The van der Waals surface area contributed by atoms with Crippen molar-refractivity contribution in [3.8, 4) is 5.75 Å². The number of hydrogen-bond acceptors (Lipinski definition) is 3. The van der Waals surface area contributed by atoms with E-state index in [1.54, 1.807) is 24.3 Å². The third-order valence-electron chi connectivity index (χ3n) is 4.65. The highest BCUT2D eigenvalue weighted by atomic mass is 16.3. The standard InChI is InChI=1S/C20H19N3O3/c24-15-7-5-12(6-8-15)9-17-19(25)23-18(20(26)22-17)11-14-10-13-3-1-2-4-16(13)21-14/h1-8,10,17-18,21,24H,9,11H2,(H,22,26)(H,23,25)/t17-,18-/m0/s1. The Kier molecular flexibility index (Phi) is 4.08. The van der Waals surface area contributed by atoms with E-state index in [9.17, 15) is 14.7 Å². The summed E-state index contributed by atoms with van der Waals surface area (Å²) in [6.07, 6.45) is 0.801. The fraction of sp³-hybridized carbons (Fsp3) is 0.200. The number of phenolic OH excluding ortho intramolecular Hbond substituents is 1. The third kappa shape index (κ3) is 3.26. The van der Waals surface area contributed by atoms with Crippen LogP contribution in [0.15, 0.2) is 54.6 Å². The first-order valence-corrected chi connectivity index (χ1v) is 8.54. The molecule has 1 saturated heterocycles. The highest BCUT2D eigenvalue weighted by molar-refractivity contribution is 5.97. The molecule has 0 radical (unpaired) electrons. The van der Waals surface area contributed by atoms with Crippen molar-refractivity contribution in [1.29, 1.82) is 0 Å². The number of rotatable bonds is 4. The quantitative estimate of drug-likeness (QED) is 0.577. The summed E-state index contributed by atoms with van der Waals surface area (Å²) in [5.41, 5.74) is 2.79. The van der Waals surface area contributed by atoms with Gasteiger partial charge in [0.25, 0.3) is 0 Å². The maximum Gasteiger partial charge on any atom is 0.243 e. The van der Waals surface area contributed by atoms with Gasteiger partial charge in [-0.15, -0.1) is 0 Å². The van der Waals surface area contributed by atoms with Crippen LogP contribution in [-0.4, -0.2) is 34.0 Å². The van der Waals surface area contributed by atoms with Gasteiger partial charge in [0, 0.05) is 24.1 Å². The minimum Gasteiger partial charge on any atom is -0.508 e. The molecule has 1 aliphatic rings. The van der Waals surface area contributed by atoms with E-state index in [0.717, 1.165) is 22.2 Å². The van der Waals surface area contributed by atoms with Gasteiger partial charge in [0.15, 0.2) is 0 Å².